The molecule has 1 aliphatic rings. The van der Waals surface area contributed by atoms with Gasteiger partial charge in [-0.3, -0.25) is 14.9 Å². The summed E-state index contributed by atoms with van der Waals surface area (Å²) in [6.45, 7) is 0.978. The van der Waals surface area contributed by atoms with Crippen molar-refractivity contribution in [3.8, 4) is 0 Å². The first-order valence-corrected chi connectivity index (χ1v) is 9.75. The van der Waals surface area contributed by atoms with E-state index in [1.165, 1.54) is 17.6 Å². The highest BCUT2D eigenvalue weighted by Gasteiger charge is 2.48. The molecule has 2 amide bonds. The van der Waals surface area contributed by atoms with Crippen LogP contribution in [0.3, 0.4) is 0 Å². The molecule has 138 valence electrons. The smallest absolute Gasteiger partial charge is 0.414 e. The molecule has 0 aromatic heterocycles. The van der Waals surface area contributed by atoms with E-state index in [1.54, 1.807) is 6.07 Å². The molecule has 11 heteroatoms. The third-order valence-corrected chi connectivity index (χ3v) is 6.57. The highest BCUT2D eigenvalue weighted by atomic mass is 79.9. The summed E-state index contributed by atoms with van der Waals surface area (Å²) in [5.74, 6) is -1.80. The van der Waals surface area contributed by atoms with Crippen LogP contribution in [0.4, 0.5) is 14.9 Å². The number of carbonyl (C=O) groups is 2. The van der Waals surface area contributed by atoms with Crippen LogP contribution >= 0.6 is 15.9 Å². The summed E-state index contributed by atoms with van der Waals surface area (Å²) in [5.41, 5.74) is 1.29. The molecule has 1 aromatic carbocycles. The van der Waals surface area contributed by atoms with E-state index in [9.17, 15) is 22.4 Å². The number of hydroxylamine groups is 1. The topological polar surface area (TPSA) is 113 Å². The van der Waals surface area contributed by atoms with Gasteiger partial charge in [0.05, 0.1) is 12.2 Å². The number of halogens is 2. The third-order valence-electron chi connectivity index (χ3n) is 4.09. The molecule has 1 saturated heterocycles. The Labute approximate surface area is 151 Å². The van der Waals surface area contributed by atoms with Crippen LogP contribution in [0.5, 0.6) is 0 Å². The highest BCUT2D eigenvalue weighted by molar-refractivity contribution is 9.10. The van der Waals surface area contributed by atoms with E-state index in [0.717, 1.165) is 18.1 Å². The van der Waals surface area contributed by atoms with E-state index in [4.69, 9.17) is 9.94 Å². The first kappa shape index (κ1) is 19.6. The van der Waals surface area contributed by atoms with Crippen LogP contribution in [0.15, 0.2) is 22.7 Å². The zero-order valence-electron chi connectivity index (χ0n) is 13.3. The number of ether oxygens (including phenoxy) is 1. The van der Waals surface area contributed by atoms with Crippen molar-refractivity contribution in [2.75, 3.05) is 17.7 Å². The SMILES string of the molecule is C[C@@](C[C@H]1CN(c2ccc(Br)cc2F)C(=O)O1)(C(=O)NO)S(C)(=O)=O. The number of hydrogen-bond donors (Lipinski definition) is 2. The van der Waals surface area contributed by atoms with Crippen molar-refractivity contribution >= 4 is 43.5 Å². The predicted molar refractivity (Wildman–Crippen MR) is 89.5 cm³/mol. The maximum atomic E-state index is 14.0. The van der Waals surface area contributed by atoms with Crippen molar-refractivity contribution in [2.24, 2.45) is 0 Å². The second kappa shape index (κ2) is 6.89. The average Bonchev–Trinajstić information content (AvgIpc) is 2.85. The summed E-state index contributed by atoms with van der Waals surface area (Å²) in [7, 11) is -3.94. The Hall–Kier alpha value is -1.72. The summed E-state index contributed by atoms with van der Waals surface area (Å²) in [4.78, 5) is 24.9. The minimum absolute atomic E-state index is 0.0247. The lowest BCUT2D eigenvalue weighted by Crippen LogP contribution is -2.51. The maximum Gasteiger partial charge on any atom is 0.414 e. The molecule has 2 rings (SSSR count). The van der Waals surface area contributed by atoms with Gasteiger partial charge in [0, 0.05) is 17.1 Å². The van der Waals surface area contributed by atoms with E-state index < -0.39 is 44.9 Å². The molecule has 0 aliphatic carbocycles. The fourth-order valence-corrected chi connectivity index (χ4v) is 3.69. The van der Waals surface area contributed by atoms with Crippen LogP contribution in [-0.4, -0.2) is 49.3 Å². The average molecular weight is 439 g/mol. The van der Waals surface area contributed by atoms with Crippen LogP contribution in [0.2, 0.25) is 0 Å². The van der Waals surface area contributed by atoms with Crippen molar-refractivity contribution in [3.05, 3.63) is 28.5 Å². The highest BCUT2D eigenvalue weighted by Crippen LogP contribution is 2.31. The molecule has 1 fully saturated rings. The van der Waals surface area contributed by atoms with Crippen LogP contribution in [0.25, 0.3) is 0 Å². The predicted octanol–water partition coefficient (Wildman–Crippen LogP) is 1.61. The molecule has 1 heterocycles. The van der Waals surface area contributed by atoms with Gasteiger partial charge in [-0.2, -0.15) is 0 Å². The number of rotatable bonds is 5. The van der Waals surface area contributed by atoms with Gasteiger partial charge >= 0.3 is 6.09 Å². The van der Waals surface area contributed by atoms with Crippen LogP contribution < -0.4 is 10.4 Å². The first-order valence-electron chi connectivity index (χ1n) is 7.07. The lowest BCUT2D eigenvalue weighted by Gasteiger charge is -2.26. The van der Waals surface area contributed by atoms with Gasteiger partial charge < -0.3 is 4.74 Å². The molecule has 8 nitrogen and oxygen atoms in total. The minimum Gasteiger partial charge on any atom is -0.444 e. The maximum absolute atomic E-state index is 14.0. The van der Waals surface area contributed by atoms with Gasteiger partial charge in [0.1, 0.15) is 11.9 Å². The fourth-order valence-electron chi connectivity index (χ4n) is 2.49. The van der Waals surface area contributed by atoms with Gasteiger partial charge in [0.25, 0.3) is 5.91 Å². The number of hydrogen-bond acceptors (Lipinski definition) is 6. The van der Waals surface area contributed by atoms with Gasteiger partial charge in [-0.25, -0.2) is 23.1 Å². The van der Waals surface area contributed by atoms with Crippen molar-refractivity contribution in [1.82, 2.24) is 5.48 Å². The van der Waals surface area contributed by atoms with E-state index >= 15 is 0 Å². The van der Waals surface area contributed by atoms with Crippen LogP contribution in [-0.2, 0) is 19.4 Å². The van der Waals surface area contributed by atoms with Crippen molar-refractivity contribution < 1.29 is 32.3 Å². The third kappa shape index (κ3) is 3.77. The zero-order valence-corrected chi connectivity index (χ0v) is 15.7. The number of nitrogens with one attached hydrogen (secondary N) is 1. The normalized spacial score (nSPS) is 20.1. The van der Waals surface area contributed by atoms with Crippen LogP contribution in [0, 0.1) is 5.82 Å². The summed E-state index contributed by atoms with van der Waals surface area (Å²) < 4.78 is 41.5. The van der Waals surface area contributed by atoms with Crippen molar-refractivity contribution in [2.45, 2.75) is 24.2 Å². The molecule has 1 aromatic rings. The quantitative estimate of drug-likeness (QED) is 0.533. The molecule has 2 atom stereocenters. The van der Waals surface area contributed by atoms with E-state index in [-0.39, 0.29) is 12.2 Å². The zero-order chi connectivity index (χ0) is 19.0. The molecule has 0 spiro atoms. The molecule has 2 N–H and O–H groups in total. The molecule has 0 saturated carbocycles. The Morgan fingerprint density at radius 1 is 1.56 bits per heavy atom. The lowest BCUT2D eigenvalue weighted by molar-refractivity contribution is -0.132. The number of benzene rings is 1. The Morgan fingerprint density at radius 3 is 2.72 bits per heavy atom. The number of amides is 2. The Kier molecular flexibility index (Phi) is 5.40. The lowest BCUT2D eigenvalue weighted by atomic mass is 10.0. The molecular formula is C14H16BrFN2O6S. The van der Waals surface area contributed by atoms with E-state index in [1.807, 2.05) is 0 Å². The van der Waals surface area contributed by atoms with Gasteiger partial charge in [0.2, 0.25) is 0 Å². The van der Waals surface area contributed by atoms with Crippen LogP contribution in [0.1, 0.15) is 13.3 Å². The minimum atomic E-state index is -3.94. The number of nitrogens with zero attached hydrogens (tertiary/aromatic N) is 1. The Morgan fingerprint density at radius 2 is 2.20 bits per heavy atom. The largest absolute Gasteiger partial charge is 0.444 e. The van der Waals surface area contributed by atoms with Crippen molar-refractivity contribution in [1.29, 1.82) is 0 Å². The second-order valence-corrected chi connectivity index (χ2v) is 9.22. The standard InChI is InChI=1S/C14H16BrFN2O6S/c1-14(12(19)17-21,25(2,22)23)6-9-7-18(13(20)24-9)11-4-3-8(15)5-10(11)16/h3-5,9,21H,6-7H2,1-2H3,(H,17,19)/t9-,14+/m0/s1. The number of cyclic esters (lactones) is 1. The summed E-state index contributed by atoms with van der Waals surface area (Å²) in [5, 5.41) is 8.82. The molecule has 25 heavy (non-hydrogen) atoms. The molecule has 0 bridgehead atoms. The second-order valence-electron chi connectivity index (χ2n) is 5.86. The Balaban J connectivity index is 2.26. The van der Waals surface area contributed by atoms with Gasteiger partial charge in [-0.15, -0.1) is 0 Å². The van der Waals surface area contributed by atoms with E-state index in [0.29, 0.717) is 4.47 Å². The molecule has 0 radical (unpaired) electrons. The molecular weight excluding hydrogens is 423 g/mol. The van der Waals surface area contributed by atoms with Crippen molar-refractivity contribution in [3.63, 3.8) is 0 Å². The first-order chi connectivity index (χ1) is 11.5. The summed E-state index contributed by atoms with van der Waals surface area (Å²) >= 11 is 3.11. The van der Waals surface area contributed by atoms with E-state index in [2.05, 4.69) is 15.9 Å². The molecule has 1 aliphatic heterocycles. The van der Waals surface area contributed by atoms with Gasteiger partial charge in [0.15, 0.2) is 14.6 Å². The monoisotopic (exact) mass is 438 g/mol. The summed E-state index contributed by atoms with van der Waals surface area (Å²) in [6, 6.07) is 4.09. The number of sulfone groups is 1. The number of anilines is 1. The number of carbonyl (C=O) groups excluding carboxylic acids is 2. The van der Waals surface area contributed by atoms with Gasteiger partial charge in [-0.05, 0) is 25.1 Å². The fraction of sp³-hybridized carbons (Fsp3) is 0.429. The molecule has 0 unspecified atom stereocenters. The van der Waals surface area contributed by atoms with Gasteiger partial charge in [-0.1, -0.05) is 15.9 Å². The summed E-state index contributed by atoms with van der Waals surface area (Å²) in [6.07, 6.45) is -1.39. The Bertz CT molecular complexity index is 818.